The summed E-state index contributed by atoms with van der Waals surface area (Å²) in [5.74, 6) is 0. The van der Waals surface area contributed by atoms with Crippen molar-refractivity contribution in [3.8, 4) is 11.1 Å². The predicted octanol–water partition coefficient (Wildman–Crippen LogP) is 4.19. The number of unbranched alkanes of at least 4 members (excludes halogenated alkanes) is 1. The van der Waals surface area contributed by atoms with Gasteiger partial charge >= 0.3 is 0 Å². The molecule has 0 heterocycles. The first-order valence-corrected chi connectivity index (χ1v) is 6.78. The highest BCUT2D eigenvalue weighted by atomic mass is 16.5. The summed E-state index contributed by atoms with van der Waals surface area (Å²) in [5.41, 5.74) is 3.69. The van der Waals surface area contributed by atoms with Gasteiger partial charge in [0.1, 0.15) is 0 Å². The number of anilines is 1. The lowest BCUT2D eigenvalue weighted by molar-refractivity contribution is 0.194. The Morgan fingerprint density at radius 2 is 1.53 bits per heavy atom. The summed E-state index contributed by atoms with van der Waals surface area (Å²) in [4.78, 5) is 0. The highest BCUT2D eigenvalue weighted by molar-refractivity contribution is 5.65. The molecule has 0 fully saturated rings. The molecule has 100 valence electrons. The second-order valence-electron chi connectivity index (χ2n) is 4.57. The van der Waals surface area contributed by atoms with Crippen LogP contribution in [0.5, 0.6) is 0 Å². The van der Waals surface area contributed by atoms with Crippen LogP contribution in [0.1, 0.15) is 12.8 Å². The Morgan fingerprint density at radius 3 is 2.21 bits per heavy atom. The molecule has 2 aromatic rings. The van der Waals surface area contributed by atoms with Crippen LogP contribution in [0.25, 0.3) is 11.1 Å². The van der Waals surface area contributed by atoms with Gasteiger partial charge in [-0.2, -0.15) is 0 Å². The molecule has 0 saturated carbocycles. The average molecular weight is 255 g/mol. The summed E-state index contributed by atoms with van der Waals surface area (Å²) < 4.78 is 5.03. The van der Waals surface area contributed by atoms with E-state index in [4.69, 9.17) is 4.74 Å². The molecule has 2 aromatic carbocycles. The van der Waals surface area contributed by atoms with Crippen LogP contribution < -0.4 is 5.32 Å². The van der Waals surface area contributed by atoms with E-state index in [0.717, 1.165) is 26.0 Å². The fourth-order valence-corrected chi connectivity index (χ4v) is 2.02. The summed E-state index contributed by atoms with van der Waals surface area (Å²) in [7, 11) is 1.75. The first kappa shape index (κ1) is 13.6. The van der Waals surface area contributed by atoms with E-state index in [9.17, 15) is 0 Å². The minimum atomic E-state index is 0.842. The molecule has 0 aliphatic carbocycles. The van der Waals surface area contributed by atoms with Gasteiger partial charge in [0.15, 0.2) is 0 Å². The topological polar surface area (TPSA) is 21.3 Å². The normalized spacial score (nSPS) is 10.4. The van der Waals surface area contributed by atoms with Gasteiger partial charge in [-0.05, 0) is 36.1 Å². The van der Waals surface area contributed by atoms with Gasteiger partial charge in [-0.15, -0.1) is 0 Å². The molecule has 2 nitrogen and oxygen atoms in total. The SMILES string of the molecule is COCCCCNc1ccc(-c2ccccc2)cc1. The van der Waals surface area contributed by atoms with Crippen molar-refractivity contribution in [1.82, 2.24) is 0 Å². The van der Waals surface area contributed by atoms with Gasteiger partial charge in [0.05, 0.1) is 0 Å². The number of benzene rings is 2. The Kier molecular flexibility index (Phi) is 5.45. The molecule has 0 bridgehead atoms. The van der Waals surface area contributed by atoms with Crippen molar-refractivity contribution >= 4 is 5.69 Å². The lowest BCUT2D eigenvalue weighted by Crippen LogP contribution is -2.02. The number of rotatable bonds is 7. The molecule has 2 rings (SSSR count). The van der Waals surface area contributed by atoms with E-state index >= 15 is 0 Å². The van der Waals surface area contributed by atoms with E-state index in [-0.39, 0.29) is 0 Å². The maximum atomic E-state index is 5.03. The summed E-state index contributed by atoms with van der Waals surface area (Å²) in [5, 5.41) is 3.43. The maximum absolute atomic E-state index is 5.03. The third kappa shape index (κ3) is 4.42. The van der Waals surface area contributed by atoms with Gasteiger partial charge in [0.25, 0.3) is 0 Å². The Morgan fingerprint density at radius 1 is 0.842 bits per heavy atom. The van der Waals surface area contributed by atoms with Gasteiger partial charge in [-0.1, -0.05) is 42.5 Å². The molecule has 0 aliphatic rings. The second-order valence-corrected chi connectivity index (χ2v) is 4.57. The van der Waals surface area contributed by atoms with Gasteiger partial charge in [-0.3, -0.25) is 0 Å². The molecule has 0 radical (unpaired) electrons. The van der Waals surface area contributed by atoms with E-state index in [2.05, 4.69) is 53.8 Å². The zero-order chi connectivity index (χ0) is 13.3. The van der Waals surface area contributed by atoms with Gasteiger partial charge in [0.2, 0.25) is 0 Å². The van der Waals surface area contributed by atoms with Crippen molar-refractivity contribution in [3.05, 3.63) is 54.6 Å². The number of hydrogen-bond acceptors (Lipinski definition) is 2. The molecule has 0 saturated heterocycles. The fraction of sp³-hybridized carbons (Fsp3) is 0.294. The lowest BCUT2D eigenvalue weighted by Gasteiger charge is -2.07. The minimum Gasteiger partial charge on any atom is -0.385 e. The zero-order valence-electron chi connectivity index (χ0n) is 11.4. The molecule has 2 heteroatoms. The standard InChI is InChI=1S/C17H21NO/c1-19-14-6-5-13-18-17-11-9-16(10-12-17)15-7-3-2-4-8-15/h2-4,7-12,18H,5-6,13-14H2,1H3. The van der Waals surface area contributed by atoms with Crippen LogP contribution in [0.15, 0.2) is 54.6 Å². The van der Waals surface area contributed by atoms with E-state index < -0.39 is 0 Å². The smallest absolute Gasteiger partial charge is 0.0462 e. The Hall–Kier alpha value is -1.80. The van der Waals surface area contributed by atoms with E-state index in [1.165, 1.54) is 16.8 Å². The zero-order valence-corrected chi connectivity index (χ0v) is 11.4. The monoisotopic (exact) mass is 255 g/mol. The molecule has 19 heavy (non-hydrogen) atoms. The van der Waals surface area contributed by atoms with Gasteiger partial charge in [-0.25, -0.2) is 0 Å². The van der Waals surface area contributed by atoms with E-state index in [1.54, 1.807) is 7.11 Å². The Labute approximate surface area is 115 Å². The van der Waals surface area contributed by atoms with Crippen LogP contribution in [0.2, 0.25) is 0 Å². The van der Waals surface area contributed by atoms with Crippen LogP contribution in [-0.2, 0) is 4.74 Å². The number of nitrogens with one attached hydrogen (secondary N) is 1. The highest BCUT2D eigenvalue weighted by Crippen LogP contribution is 2.20. The maximum Gasteiger partial charge on any atom is 0.0462 e. The fourth-order valence-electron chi connectivity index (χ4n) is 2.02. The first-order chi connectivity index (χ1) is 9.40. The summed E-state index contributed by atoms with van der Waals surface area (Å²) in [6.07, 6.45) is 2.24. The minimum absolute atomic E-state index is 0.842. The van der Waals surface area contributed by atoms with Gasteiger partial charge in [0, 0.05) is 25.9 Å². The molecule has 0 amide bonds. The molecule has 1 N–H and O–H groups in total. The largest absolute Gasteiger partial charge is 0.385 e. The molecule has 0 aromatic heterocycles. The molecular weight excluding hydrogens is 234 g/mol. The molecule has 0 spiro atoms. The van der Waals surface area contributed by atoms with Crippen molar-refractivity contribution in [2.24, 2.45) is 0 Å². The lowest BCUT2D eigenvalue weighted by atomic mass is 10.1. The average Bonchev–Trinajstić information content (AvgIpc) is 2.49. The molecule has 0 aliphatic heterocycles. The predicted molar refractivity (Wildman–Crippen MR) is 81.5 cm³/mol. The number of methoxy groups -OCH3 is 1. The third-order valence-electron chi connectivity index (χ3n) is 3.10. The number of hydrogen-bond donors (Lipinski definition) is 1. The van der Waals surface area contributed by atoms with Crippen molar-refractivity contribution in [3.63, 3.8) is 0 Å². The van der Waals surface area contributed by atoms with Crippen LogP contribution in [0.4, 0.5) is 5.69 Å². The third-order valence-corrected chi connectivity index (χ3v) is 3.10. The van der Waals surface area contributed by atoms with Crippen LogP contribution in [0, 0.1) is 0 Å². The first-order valence-electron chi connectivity index (χ1n) is 6.78. The summed E-state index contributed by atoms with van der Waals surface area (Å²) >= 11 is 0. The second kappa shape index (κ2) is 7.59. The quantitative estimate of drug-likeness (QED) is 0.749. The summed E-state index contributed by atoms with van der Waals surface area (Å²) in [6, 6.07) is 19.0. The van der Waals surface area contributed by atoms with Crippen molar-refractivity contribution in [2.75, 3.05) is 25.6 Å². The summed E-state index contributed by atoms with van der Waals surface area (Å²) in [6.45, 7) is 1.84. The molecule has 0 unspecified atom stereocenters. The highest BCUT2D eigenvalue weighted by Gasteiger charge is 1.97. The Balaban J connectivity index is 1.85. The van der Waals surface area contributed by atoms with Crippen molar-refractivity contribution in [1.29, 1.82) is 0 Å². The molecule has 0 atom stereocenters. The van der Waals surface area contributed by atoms with E-state index in [0.29, 0.717) is 0 Å². The van der Waals surface area contributed by atoms with Crippen molar-refractivity contribution in [2.45, 2.75) is 12.8 Å². The van der Waals surface area contributed by atoms with Crippen LogP contribution in [0.3, 0.4) is 0 Å². The van der Waals surface area contributed by atoms with Crippen molar-refractivity contribution < 1.29 is 4.74 Å². The van der Waals surface area contributed by atoms with Crippen LogP contribution in [-0.4, -0.2) is 20.3 Å². The van der Waals surface area contributed by atoms with E-state index in [1.807, 2.05) is 6.07 Å². The van der Waals surface area contributed by atoms with Gasteiger partial charge < -0.3 is 10.1 Å². The molecular formula is C17H21NO. The Bertz CT molecular complexity index is 464. The van der Waals surface area contributed by atoms with Crippen LogP contribution >= 0.6 is 0 Å². The number of ether oxygens (including phenoxy) is 1.